The van der Waals surface area contributed by atoms with Crippen molar-refractivity contribution in [3.63, 3.8) is 0 Å². The molecule has 0 bridgehead atoms. The molecule has 1 unspecified atom stereocenters. The van der Waals surface area contributed by atoms with Gasteiger partial charge in [-0.15, -0.1) is 0 Å². The van der Waals surface area contributed by atoms with Crippen LogP contribution >= 0.6 is 34.2 Å². The number of hydrogen-bond acceptors (Lipinski definition) is 2. The van der Waals surface area contributed by atoms with Crippen molar-refractivity contribution in [2.45, 2.75) is 27.2 Å². The Labute approximate surface area is 134 Å². The standard InChI is InChI=1S/C15H20ClIN2/c1-5-9(2)15(19-4)10(3)14(18)13-11(16)7-6-8-12(13)17/h6-9,18-19H,5H2,1-4H3/b15-10-,18-14?. The lowest BCUT2D eigenvalue weighted by Gasteiger charge is -2.19. The molecule has 0 fully saturated rings. The molecule has 0 aliphatic rings. The van der Waals surface area contributed by atoms with E-state index >= 15 is 0 Å². The Morgan fingerprint density at radius 1 is 1.47 bits per heavy atom. The van der Waals surface area contributed by atoms with E-state index in [0.717, 1.165) is 26.8 Å². The summed E-state index contributed by atoms with van der Waals surface area (Å²) < 4.78 is 1.01. The van der Waals surface area contributed by atoms with Gasteiger partial charge in [0.1, 0.15) is 0 Å². The zero-order valence-electron chi connectivity index (χ0n) is 11.8. The monoisotopic (exact) mass is 390 g/mol. The van der Waals surface area contributed by atoms with E-state index in [-0.39, 0.29) is 0 Å². The van der Waals surface area contributed by atoms with Crippen molar-refractivity contribution in [3.8, 4) is 0 Å². The molecular weight excluding hydrogens is 371 g/mol. The van der Waals surface area contributed by atoms with Crippen LogP contribution in [0, 0.1) is 14.9 Å². The molecule has 1 rings (SSSR count). The SMILES string of the molecule is CCC(C)/C(NC)=C(\C)C(=N)c1c(Cl)cccc1I. The molecule has 2 nitrogen and oxygen atoms in total. The van der Waals surface area contributed by atoms with Crippen LogP contribution in [-0.4, -0.2) is 12.8 Å². The predicted molar refractivity (Wildman–Crippen MR) is 92.2 cm³/mol. The Kier molecular flexibility index (Phi) is 6.33. The topological polar surface area (TPSA) is 35.9 Å². The lowest BCUT2D eigenvalue weighted by molar-refractivity contribution is 0.608. The molecule has 1 aromatic rings. The van der Waals surface area contributed by atoms with E-state index in [9.17, 15) is 0 Å². The zero-order valence-corrected chi connectivity index (χ0v) is 14.7. The van der Waals surface area contributed by atoms with Gasteiger partial charge in [-0.1, -0.05) is 31.5 Å². The first kappa shape index (κ1) is 16.5. The second-order valence-corrected chi connectivity index (χ2v) is 6.14. The molecule has 0 aliphatic carbocycles. The molecule has 0 saturated carbocycles. The minimum absolute atomic E-state index is 0.408. The Hall–Kier alpha value is -0.550. The highest BCUT2D eigenvalue weighted by atomic mass is 127. The number of halogens is 2. The van der Waals surface area contributed by atoms with Gasteiger partial charge >= 0.3 is 0 Å². The van der Waals surface area contributed by atoms with E-state index in [1.165, 1.54) is 0 Å². The molecule has 2 N–H and O–H groups in total. The fourth-order valence-electron chi connectivity index (χ4n) is 2.07. The van der Waals surface area contributed by atoms with Crippen LogP contribution in [0.1, 0.15) is 32.8 Å². The van der Waals surface area contributed by atoms with Gasteiger partial charge in [0, 0.05) is 21.9 Å². The van der Waals surface area contributed by atoms with Gasteiger partial charge in [0.2, 0.25) is 0 Å². The maximum Gasteiger partial charge on any atom is 0.0684 e. The predicted octanol–water partition coefficient (Wildman–Crippen LogP) is 4.85. The third kappa shape index (κ3) is 3.72. The lowest BCUT2D eigenvalue weighted by Crippen LogP contribution is -2.19. The van der Waals surface area contributed by atoms with Crippen molar-refractivity contribution in [1.82, 2.24) is 5.32 Å². The number of allylic oxidation sites excluding steroid dienone is 2. The molecule has 19 heavy (non-hydrogen) atoms. The first-order valence-electron chi connectivity index (χ1n) is 6.35. The molecule has 0 heterocycles. The summed E-state index contributed by atoms with van der Waals surface area (Å²) in [5.41, 5.74) is 3.39. The van der Waals surface area contributed by atoms with E-state index in [2.05, 4.69) is 41.8 Å². The molecule has 1 atom stereocenters. The normalized spacial score (nSPS) is 13.8. The van der Waals surface area contributed by atoms with Gasteiger partial charge in [0.05, 0.1) is 10.7 Å². The molecule has 0 spiro atoms. The summed E-state index contributed by atoms with van der Waals surface area (Å²) in [6, 6.07) is 5.72. The molecule has 1 aromatic carbocycles. The molecular formula is C15H20ClIN2. The van der Waals surface area contributed by atoms with Crippen molar-refractivity contribution in [1.29, 1.82) is 5.41 Å². The third-order valence-electron chi connectivity index (χ3n) is 3.37. The molecule has 0 aromatic heterocycles. The fourth-order valence-corrected chi connectivity index (χ4v) is 3.26. The van der Waals surface area contributed by atoms with E-state index in [0.29, 0.717) is 16.7 Å². The Morgan fingerprint density at radius 2 is 2.11 bits per heavy atom. The quantitative estimate of drug-likeness (QED) is 0.547. The molecule has 104 valence electrons. The van der Waals surface area contributed by atoms with Gasteiger partial charge in [0.15, 0.2) is 0 Å². The summed E-state index contributed by atoms with van der Waals surface area (Å²) in [5.74, 6) is 0.408. The van der Waals surface area contributed by atoms with Crippen LogP contribution in [-0.2, 0) is 0 Å². The average Bonchev–Trinajstić information content (AvgIpc) is 2.38. The van der Waals surface area contributed by atoms with E-state index in [4.69, 9.17) is 17.0 Å². The highest BCUT2D eigenvalue weighted by molar-refractivity contribution is 14.1. The lowest BCUT2D eigenvalue weighted by atomic mass is 9.95. The molecule has 4 heteroatoms. The summed E-state index contributed by atoms with van der Waals surface area (Å²) >= 11 is 8.47. The summed E-state index contributed by atoms with van der Waals surface area (Å²) in [6.07, 6.45) is 1.04. The van der Waals surface area contributed by atoms with Gasteiger partial charge in [-0.2, -0.15) is 0 Å². The minimum Gasteiger partial charge on any atom is -0.391 e. The van der Waals surface area contributed by atoms with Gasteiger partial charge in [-0.25, -0.2) is 0 Å². The van der Waals surface area contributed by atoms with Gasteiger partial charge in [-0.3, -0.25) is 5.41 Å². The van der Waals surface area contributed by atoms with Crippen molar-refractivity contribution in [2.24, 2.45) is 5.92 Å². The van der Waals surface area contributed by atoms with Crippen LogP contribution in [0.25, 0.3) is 0 Å². The molecule has 0 saturated heterocycles. The van der Waals surface area contributed by atoms with Crippen LogP contribution < -0.4 is 5.32 Å². The van der Waals surface area contributed by atoms with Crippen molar-refractivity contribution in [2.75, 3.05) is 7.05 Å². The van der Waals surface area contributed by atoms with Crippen molar-refractivity contribution >= 4 is 39.9 Å². The number of benzene rings is 1. The van der Waals surface area contributed by atoms with Crippen LogP contribution in [0.4, 0.5) is 0 Å². The van der Waals surface area contributed by atoms with E-state index in [1.807, 2.05) is 32.2 Å². The maximum atomic E-state index is 8.43. The maximum absolute atomic E-state index is 8.43. The summed E-state index contributed by atoms with van der Waals surface area (Å²) in [7, 11) is 1.91. The average molecular weight is 391 g/mol. The fraction of sp³-hybridized carbons (Fsp3) is 0.400. The van der Waals surface area contributed by atoms with Gasteiger partial charge < -0.3 is 5.32 Å². The van der Waals surface area contributed by atoms with E-state index < -0.39 is 0 Å². The van der Waals surface area contributed by atoms with Crippen LogP contribution in [0.5, 0.6) is 0 Å². The number of hydrogen-bond donors (Lipinski definition) is 2. The smallest absolute Gasteiger partial charge is 0.0684 e. The third-order valence-corrected chi connectivity index (χ3v) is 4.58. The first-order chi connectivity index (χ1) is 8.93. The summed E-state index contributed by atoms with van der Waals surface area (Å²) in [6.45, 7) is 6.30. The second kappa shape index (κ2) is 7.29. The highest BCUT2D eigenvalue weighted by Crippen LogP contribution is 2.26. The summed E-state index contributed by atoms with van der Waals surface area (Å²) in [5, 5.41) is 12.3. The van der Waals surface area contributed by atoms with Crippen molar-refractivity contribution < 1.29 is 0 Å². The Morgan fingerprint density at radius 3 is 2.58 bits per heavy atom. The van der Waals surface area contributed by atoms with Crippen LogP contribution in [0.2, 0.25) is 5.02 Å². The number of rotatable bonds is 5. The Bertz CT molecular complexity index is 489. The molecule has 0 amide bonds. The molecule has 0 aliphatic heterocycles. The van der Waals surface area contributed by atoms with Crippen molar-refractivity contribution in [3.05, 3.63) is 43.6 Å². The summed E-state index contributed by atoms with van der Waals surface area (Å²) in [4.78, 5) is 0. The largest absolute Gasteiger partial charge is 0.391 e. The minimum atomic E-state index is 0.408. The Balaban J connectivity index is 3.29. The van der Waals surface area contributed by atoms with Crippen LogP contribution in [0.3, 0.4) is 0 Å². The number of nitrogens with one attached hydrogen (secondary N) is 2. The molecule has 0 radical (unpaired) electrons. The van der Waals surface area contributed by atoms with E-state index in [1.54, 1.807) is 0 Å². The van der Waals surface area contributed by atoms with Crippen LogP contribution in [0.15, 0.2) is 29.5 Å². The highest BCUT2D eigenvalue weighted by Gasteiger charge is 2.17. The van der Waals surface area contributed by atoms with Gasteiger partial charge in [0.25, 0.3) is 0 Å². The van der Waals surface area contributed by atoms with Gasteiger partial charge in [-0.05, 0) is 59.6 Å². The zero-order chi connectivity index (χ0) is 14.6. The first-order valence-corrected chi connectivity index (χ1v) is 7.81. The second-order valence-electron chi connectivity index (χ2n) is 4.57.